The van der Waals surface area contributed by atoms with Crippen molar-refractivity contribution in [2.75, 3.05) is 7.11 Å². The van der Waals surface area contributed by atoms with Crippen molar-refractivity contribution in [2.24, 2.45) is 5.41 Å². The summed E-state index contributed by atoms with van der Waals surface area (Å²) >= 11 is 0. The maximum absolute atomic E-state index is 12.2. The second kappa shape index (κ2) is 7.25. The molecule has 116 valence electrons. The fraction of sp³-hybridized carbons (Fsp3) is 0.529. The molecule has 1 rings (SSSR count). The van der Waals surface area contributed by atoms with Gasteiger partial charge in [-0.25, -0.2) is 0 Å². The van der Waals surface area contributed by atoms with Crippen LogP contribution >= 0.6 is 0 Å². The van der Waals surface area contributed by atoms with Gasteiger partial charge in [-0.2, -0.15) is 0 Å². The highest BCUT2D eigenvalue weighted by molar-refractivity contribution is 5.90. The van der Waals surface area contributed by atoms with E-state index in [9.17, 15) is 9.59 Å². The maximum atomic E-state index is 12.2. The highest BCUT2D eigenvalue weighted by atomic mass is 16.5. The number of hydrogen-bond donors (Lipinski definition) is 1. The highest BCUT2D eigenvalue weighted by Gasteiger charge is 2.31. The van der Waals surface area contributed by atoms with Gasteiger partial charge in [0, 0.05) is 6.42 Å². The number of rotatable bonds is 6. The van der Waals surface area contributed by atoms with Gasteiger partial charge in [-0.1, -0.05) is 39.8 Å². The third kappa shape index (κ3) is 5.21. The molecule has 0 aliphatic heterocycles. The van der Waals surface area contributed by atoms with E-state index in [1.807, 2.05) is 52.0 Å². The van der Waals surface area contributed by atoms with Crippen LogP contribution in [0.4, 0.5) is 0 Å². The topological polar surface area (TPSA) is 55.4 Å². The van der Waals surface area contributed by atoms with Crippen LogP contribution in [0.25, 0.3) is 0 Å². The van der Waals surface area contributed by atoms with Gasteiger partial charge in [0.05, 0.1) is 19.6 Å². The lowest BCUT2D eigenvalue weighted by Gasteiger charge is -2.30. The average Bonchev–Trinajstić information content (AvgIpc) is 2.43. The van der Waals surface area contributed by atoms with E-state index in [-0.39, 0.29) is 23.5 Å². The van der Waals surface area contributed by atoms with Crippen LogP contribution in [0, 0.1) is 5.41 Å². The molecule has 0 saturated heterocycles. The van der Waals surface area contributed by atoms with Crippen LogP contribution in [-0.2, 0) is 16.0 Å². The summed E-state index contributed by atoms with van der Waals surface area (Å²) in [5.74, 6) is 0.628. The summed E-state index contributed by atoms with van der Waals surface area (Å²) in [4.78, 5) is 24.2. The molecule has 1 unspecified atom stereocenters. The zero-order chi connectivity index (χ0) is 16.0. The Hall–Kier alpha value is -1.84. The molecule has 0 aromatic heterocycles. The molecule has 0 aliphatic carbocycles. The monoisotopic (exact) mass is 291 g/mol. The summed E-state index contributed by atoms with van der Waals surface area (Å²) in [6.07, 6.45) is 0.655. The number of nitrogens with one attached hydrogen (secondary N) is 1. The first-order valence-electron chi connectivity index (χ1n) is 7.23. The lowest BCUT2D eigenvalue weighted by Crippen LogP contribution is -2.49. The lowest BCUT2D eigenvalue weighted by atomic mass is 9.83. The van der Waals surface area contributed by atoms with Crippen molar-refractivity contribution >= 4 is 11.7 Å². The quantitative estimate of drug-likeness (QED) is 0.877. The highest BCUT2D eigenvalue weighted by Crippen LogP contribution is 2.21. The Morgan fingerprint density at radius 2 is 1.95 bits per heavy atom. The van der Waals surface area contributed by atoms with Gasteiger partial charge in [-0.05, 0) is 23.1 Å². The molecule has 1 atom stereocenters. The molecular formula is C17H25NO3. The fourth-order valence-corrected chi connectivity index (χ4v) is 2.16. The number of ether oxygens (including phenoxy) is 1. The van der Waals surface area contributed by atoms with Crippen LogP contribution < -0.4 is 10.1 Å². The summed E-state index contributed by atoms with van der Waals surface area (Å²) in [6.45, 7) is 7.68. The molecule has 0 saturated carbocycles. The van der Waals surface area contributed by atoms with Crippen molar-refractivity contribution in [3.8, 4) is 5.75 Å². The van der Waals surface area contributed by atoms with E-state index in [1.165, 1.54) is 0 Å². The molecule has 1 aromatic rings. The minimum absolute atomic E-state index is 0.0569. The fourth-order valence-electron chi connectivity index (χ4n) is 2.16. The van der Waals surface area contributed by atoms with Gasteiger partial charge >= 0.3 is 0 Å². The third-order valence-corrected chi connectivity index (χ3v) is 3.34. The molecule has 0 heterocycles. The van der Waals surface area contributed by atoms with Gasteiger partial charge in [-0.3, -0.25) is 9.59 Å². The molecule has 0 spiro atoms. The molecule has 4 heteroatoms. The van der Waals surface area contributed by atoms with Crippen LogP contribution in [-0.4, -0.2) is 24.8 Å². The molecule has 0 fully saturated rings. The Kier molecular flexibility index (Phi) is 5.94. The molecule has 1 amide bonds. The molecule has 4 nitrogen and oxygen atoms in total. The minimum atomic E-state index is -0.458. The normalized spacial score (nSPS) is 12.6. The SMILES string of the molecule is CCC(=O)C(NC(=O)Cc1cccc(OC)c1)C(C)(C)C. The Balaban J connectivity index is 2.76. The Labute approximate surface area is 126 Å². The molecule has 0 bridgehead atoms. The lowest BCUT2D eigenvalue weighted by molar-refractivity contribution is -0.129. The third-order valence-electron chi connectivity index (χ3n) is 3.34. The number of carbonyl (C=O) groups excluding carboxylic acids is 2. The molecule has 0 radical (unpaired) electrons. The number of Topliss-reactive ketones (excluding diaryl/α,β-unsaturated/α-hetero) is 1. The van der Waals surface area contributed by atoms with Crippen LogP contribution in [0.5, 0.6) is 5.75 Å². The van der Waals surface area contributed by atoms with Crippen LogP contribution in [0.1, 0.15) is 39.7 Å². The van der Waals surface area contributed by atoms with E-state index in [1.54, 1.807) is 7.11 Å². The molecule has 0 aliphatic rings. The first-order chi connectivity index (χ1) is 9.77. The Bertz CT molecular complexity index is 503. The second-order valence-electron chi connectivity index (χ2n) is 6.21. The van der Waals surface area contributed by atoms with Crippen molar-refractivity contribution < 1.29 is 14.3 Å². The van der Waals surface area contributed by atoms with Gasteiger partial charge in [0.1, 0.15) is 5.75 Å². The summed E-state index contributed by atoms with van der Waals surface area (Å²) in [7, 11) is 1.59. The van der Waals surface area contributed by atoms with Crippen LogP contribution in [0.15, 0.2) is 24.3 Å². The largest absolute Gasteiger partial charge is 0.497 e. The van der Waals surface area contributed by atoms with Crippen LogP contribution in [0.2, 0.25) is 0 Å². The van der Waals surface area contributed by atoms with E-state index in [0.717, 1.165) is 11.3 Å². The van der Waals surface area contributed by atoms with Crippen molar-refractivity contribution in [3.63, 3.8) is 0 Å². The van der Waals surface area contributed by atoms with E-state index in [4.69, 9.17) is 4.74 Å². The number of carbonyl (C=O) groups is 2. The summed E-state index contributed by atoms with van der Waals surface area (Å²) in [5.41, 5.74) is 0.570. The Morgan fingerprint density at radius 3 is 2.48 bits per heavy atom. The van der Waals surface area contributed by atoms with E-state index in [2.05, 4.69) is 5.32 Å². The minimum Gasteiger partial charge on any atom is -0.497 e. The predicted molar refractivity (Wildman–Crippen MR) is 83.4 cm³/mol. The van der Waals surface area contributed by atoms with Crippen molar-refractivity contribution in [3.05, 3.63) is 29.8 Å². The zero-order valence-electron chi connectivity index (χ0n) is 13.5. The number of methoxy groups -OCH3 is 1. The van der Waals surface area contributed by atoms with Gasteiger partial charge in [0.15, 0.2) is 5.78 Å². The number of hydrogen-bond acceptors (Lipinski definition) is 3. The first kappa shape index (κ1) is 17.2. The molecule has 21 heavy (non-hydrogen) atoms. The molecular weight excluding hydrogens is 266 g/mol. The van der Waals surface area contributed by atoms with Crippen LogP contribution in [0.3, 0.4) is 0 Å². The maximum Gasteiger partial charge on any atom is 0.225 e. The predicted octanol–water partition coefficient (Wildman–Crippen LogP) is 2.75. The number of benzene rings is 1. The standard InChI is InChI=1S/C17H25NO3/c1-6-14(19)16(17(2,3)4)18-15(20)11-12-8-7-9-13(10-12)21-5/h7-10,16H,6,11H2,1-5H3,(H,18,20). The Morgan fingerprint density at radius 1 is 1.29 bits per heavy atom. The molecule has 1 N–H and O–H groups in total. The average molecular weight is 291 g/mol. The van der Waals surface area contributed by atoms with Gasteiger partial charge in [-0.15, -0.1) is 0 Å². The number of amides is 1. The second-order valence-corrected chi connectivity index (χ2v) is 6.21. The van der Waals surface area contributed by atoms with E-state index in [0.29, 0.717) is 6.42 Å². The van der Waals surface area contributed by atoms with Gasteiger partial charge < -0.3 is 10.1 Å². The van der Waals surface area contributed by atoms with Crippen molar-refractivity contribution in [2.45, 2.75) is 46.6 Å². The van der Waals surface area contributed by atoms with E-state index < -0.39 is 6.04 Å². The van der Waals surface area contributed by atoms with Crippen molar-refractivity contribution in [1.82, 2.24) is 5.32 Å². The van der Waals surface area contributed by atoms with Crippen molar-refractivity contribution in [1.29, 1.82) is 0 Å². The van der Waals surface area contributed by atoms with Gasteiger partial charge in [0.25, 0.3) is 0 Å². The summed E-state index contributed by atoms with van der Waals surface area (Å²) in [6, 6.07) is 6.92. The summed E-state index contributed by atoms with van der Waals surface area (Å²) in [5, 5.41) is 2.86. The zero-order valence-corrected chi connectivity index (χ0v) is 13.5. The summed E-state index contributed by atoms with van der Waals surface area (Å²) < 4.78 is 5.14. The number of ketones is 1. The van der Waals surface area contributed by atoms with E-state index >= 15 is 0 Å². The van der Waals surface area contributed by atoms with Gasteiger partial charge in [0.2, 0.25) is 5.91 Å². The smallest absolute Gasteiger partial charge is 0.225 e. The first-order valence-corrected chi connectivity index (χ1v) is 7.23. The molecule has 1 aromatic carbocycles.